The third-order valence-electron chi connectivity index (χ3n) is 6.80. The Morgan fingerprint density at radius 1 is 1.03 bits per heavy atom. The maximum Gasteiger partial charge on any atom is 0.303 e. The van der Waals surface area contributed by atoms with E-state index >= 15 is 0 Å². The number of ether oxygens (including phenoxy) is 4. The van der Waals surface area contributed by atoms with Gasteiger partial charge in [-0.05, 0) is 68.9 Å². The van der Waals surface area contributed by atoms with Gasteiger partial charge in [0, 0.05) is 41.9 Å². The van der Waals surface area contributed by atoms with Gasteiger partial charge in [-0.2, -0.15) is 0 Å². The van der Waals surface area contributed by atoms with Crippen molar-refractivity contribution in [1.82, 2.24) is 4.90 Å². The number of carbonyl (C=O) groups is 1. The summed E-state index contributed by atoms with van der Waals surface area (Å²) in [6.45, 7) is 8.06. The first-order valence-electron chi connectivity index (χ1n) is 12.7. The Labute approximate surface area is 218 Å². The highest BCUT2D eigenvalue weighted by Gasteiger charge is 2.30. The number of nitrogens with one attached hydrogen (secondary N) is 1. The van der Waals surface area contributed by atoms with Gasteiger partial charge in [-0.3, -0.25) is 4.79 Å². The molecule has 1 N–H and O–H groups in total. The molecule has 0 unspecified atom stereocenters. The van der Waals surface area contributed by atoms with E-state index < -0.39 is 0 Å². The van der Waals surface area contributed by atoms with Gasteiger partial charge < -0.3 is 29.2 Å². The number of benzene rings is 3. The van der Waals surface area contributed by atoms with Gasteiger partial charge >= 0.3 is 5.97 Å². The first-order valence-corrected chi connectivity index (χ1v) is 12.7. The summed E-state index contributed by atoms with van der Waals surface area (Å²) >= 11 is 0. The first-order chi connectivity index (χ1) is 17.8. The Morgan fingerprint density at radius 3 is 2.54 bits per heavy atom. The van der Waals surface area contributed by atoms with Crippen LogP contribution in [0.4, 0.5) is 5.69 Å². The van der Waals surface area contributed by atoms with E-state index in [1.165, 1.54) is 12.5 Å². The molecule has 0 aromatic heterocycles. The van der Waals surface area contributed by atoms with Gasteiger partial charge in [0.25, 0.3) is 0 Å². The van der Waals surface area contributed by atoms with E-state index in [1.807, 2.05) is 32.3 Å². The van der Waals surface area contributed by atoms with Crippen LogP contribution in [0.1, 0.15) is 41.3 Å². The van der Waals surface area contributed by atoms with Crippen LogP contribution in [0.5, 0.6) is 17.2 Å². The number of likely N-dealkylation sites (N-methyl/N-ethyl adjacent to an activating group) is 1. The van der Waals surface area contributed by atoms with E-state index in [0.717, 1.165) is 57.3 Å². The topological polar surface area (TPSA) is 69.3 Å². The molecule has 2 aliphatic heterocycles. The normalized spacial score (nSPS) is 17.6. The molecule has 0 aliphatic carbocycles. The monoisotopic (exact) mass is 502 g/mol. The summed E-state index contributed by atoms with van der Waals surface area (Å²) in [5.74, 6) is 2.24. The molecule has 7 nitrogen and oxygen atoms in total. The standard InChI is InChI=1S/C30H34N2O5/c1-18-13-22(34-12-11-32(4)5)14-19(2)29(18)25-8-6-7-23-26(16-36-30(23)25)31-21-9-10-24-27(15-21)35-17-28(24)37-20(3)33/h6-10,13-15,26,28,31H,11-12,16-17H2,1-5H3/t26-,28-/m1/s1. The number of nitrogens with zero attached hydrogens (tertiary/aromatic N) is 1. The minimum Gasteiger partial charge on any atom is -0.492 e. The van der Waals surface area contributed by atoms with E-state index in [4.69, 9.17) is 18.9 Å². The number of para-hydroxylation sites is 1. The molecule has 5 rings (SSSR count). The fourth-order valence-electron chi connectivity index (χ4n) is 5.11. The number of hydrogen-bond donors (Lipinski definition) is 1. The molecule has 2 atom stereocenters. The number of anilines is 1. The minimum atomic E-state index is -0.351. The van der Waals surface area contributed by atoms with Crippen molar-refractivity contribution in [3.8, 4) is 28.4 Å². The van der Waals surface area contributed by atoms with Crippen molar-refractivity contribution in [2.24, 2.45) is 0 Å². The summed E-state index contributed by atoms with van der Waals surface area (Å²) in [4.78, 5) is 13.5. The van der Waals surface area contributed by atoms with Crippen LogP contribution in [-0.2, 0) is 9.53 Å². The zero-order chi connectivity index (χ0) is 26.1. The predicted molar refractivity (Wildman–Crippen MR) is 144 cm³/mol. The lowest BCUT2D eigenvalue weighted by Gasteiger charge is -2.17. The molecule has 2 heterocycles. The molecule has 37 heavy (non-hydrogen) atoms. The van der Waals surface area contributed by atoms with Crippen molar-refractivity contribution in [3.05, 3.63) is 70.8 Å². The Kier molecular flexibility index (Phi) is 6.98. The fraction of sp³-hybridized carbons (Fsp3) is 0.367. The number of carbonyl (C=O) groups excluding carboxylic acids is 1. The van der Waals surface area contributed by atoms with Gasteiger partial charge in [0.1, 0.15) is 37.1 Å². The van der Waals surface area contributed by atoms with Crippen LogP contribution in [0.15, 0.2) is 48.5 Å². The molecule has 3 aromatic rings. The van der Waals surface area contributed by atoms with Gasteiger partial charge in [0.05, 0.1) is 6.04 Å². The van der Waals surface area contributed by atoms with E-state index in [2.05, 4.69) is 54.4 Å². The molecule has 2 aliphatic rings. The summed E-state index contributed by atoms with van der Waals surface area (Å²) in [6, 6.07) is 16.5. The molecule has 0 fully saturated rings. The van der Waals surface area contributed by atoms with E-state index in [1.54, 1.807) is 0 Å². The van der Waals surface area contributed by atoms with E-state index in [0.29, 0.717) is 19.8 Å². The highest BCUT2D eigenvalue weighted by atomic mass is 16.6. The maximum absolute atomic E-state index is 11.4. The van der Waals surface area contributed by atoms with Crippen molar-refractivity contribution in [2.75, 3.05) is 45.8 Å². The van der Waals surface area contributed by atoms with E-state index in [9.17, 15) is 4.79 Å². The molecule has 0 spiro atoms. The lowest BCUT2D eigenvalue weighted by atomic mass is 9.92. The van der Waals surface area contributed by atoms with Gasteiger partial charge in [-0.1, -0.05) is 18.2 Å². The van der Waals surface area contributed by atoms with Crippen LogP contribution in [0, 0.1) is 13.8 Å². The summed E-state index contributed by atoms with van der Waals surface area (Å²) in [6.07, 6.45) is -0.351. The molecule has 194 valence electrons. The van der Waals surface area contributed by atoms with Crippen molar-refractivity contribution < 1.29 is 23.7 Å². The van der Waals surface area contributed by atoms with Crippen molar-refractivity contribution in [3.63, 3.8) is 0 Å². The zero-order valence-corrected chi connectivity index (χ0v) is 22.1. The zero-order valence-electron chi connectivity index (χ0n) is 22.1. The molecule has 0 saturated heterocycles. The maximum atomic E-state index is 11.4. The average Bonchev–Trinajstić information content (AvgIpc) is 3.42. The third-order valence-corrected chi connectivity index (χ3v) is 6.80. The minimum absolute atomic E-state index is 0.00734. The van der Waals surface area contributed by atoms with Crippen LogP contribution in [0.25, 0.3) is 11.1 Å². The highest BCUT2D eigenvalue weighted by molar-refractivity contribution is 5.79. The lowest BCUT2D eigenvalue weighted by Crippen LogP contribution is -2.19. The molecule has 0 bridgehead atoms. The van der Waals surface area contributed by atoms with Crippen molar-refractivity contribution in [1.29, 1.82) is 0 Å². The molecule has 0 saturated carbocycles. The second-order valence-corrected chi connectivity index (χ2v) is 9.98. The van der Waals surface area contributed by atoms with Crippen LogP contribution < -0.4 is 19.5 Å². The quantitative estimate of drug-likeness (QED) is 0.411. The van der Waals surface area contributed by atoms with E-state index in [-0.39, 0.29) is 18.1 Å². The van der Waals surface area contributed by atoms with Gasteiger partial charge in [-0.15, -0.1) is 0 Å². The number of esters is 1. The second-order valence-electron chi connectivity index (χ2n) is 9.98. The molecule has 0 radical (unpaired) electrons. The number of aryl methyl sites for hydroxylation is 2. The SMILES string of the molecule is CC(=O)O[C@@H]1COc2cc(N[C@@H]3COc4c(-c5c(C)cc(OCCN(C)C)cc5C)cccc43)ccc21. The number of rotatable bonds is 8. The highest BCUT2D eigenvalue weighted by Crippen LogP contribution is 2.45. The molecular weight excluding hydrogens is 468 g/mol. The lowest BCUT2D eigenvalue weighted by molar-refractivity contribution is -0.147. The smallest absolute Gasteiger partial charge is 0.303 e. The summed E-state index contributed by atoms with van der Waals surface area (Å²) in [7, 11) is 4.08. The van der Waals surface area contributed by atoms with Crippen LogP contribution in [0.3, 0.4) is 0 Å². The van der Waals surface area contributed by atoms with Crippen molar-refractivity contribution in [2.45, 2.75) is 32.9 Å². The molecule has 7 heteroatoms. The van der Waals surface area contributed by atoms with Crippen LogP contribution >= 0.6 is 0 Å². The first kappa shape index (κ1) is 25.0. The fourth-order valence-corrected chi connectivity index (χ4v) is 5.11. The average molecular weight is 503 g/mol. The van der Waals surface area contributed by atoms with Gasteiger partial charge in [0.2, 0.25) is 0 Å². The van der Waals surface area contributed by atoms with Crippen LogP contribution in [0.2, 0.25) is 0 Å². The van der Waals surface area contributed by atoms with Gasteiger partial charge in [-0.25, -0.2) is 0 Å². The molecule has 3 aromatic carbocycles. The largest absolute Gasteiger partial charge is 0.492 e. The Hall–Kier alpha value is -3.71. The van der Waals surface area contributed by atoms with Gasteiger partial charge in [0.15, 0.2) is 6.10 Å². The number of fused-ring (bicyclic) bond motifs is 2. The van der Waals surface area contributed by atoms with Crippen molar-refractivity contribution >= 4 is 11.7 Å². The Balaban J connectivity index is 1.36. The molecular formula is C30H34N2O5. The Morgan fingerprint density at radius 2 is 1.81 bits per heavy atom. The third kappa shape index (κ3) is 5.23. The predicted octanol–water partition coefficient (Wildman–Crippen LogP) is 5.45. The number of hydrogen-bond acceptors (Lipinski definition) is 7. The second kappa shape index (κ2) is 10.3. The molecule has 0 amide bonds. The Bertz CT molecular complexity index is 1300. The van der Waals surface area contributed by atoms with Crippen LogP contribution in [-0.4, -0.2) is 51.3 Å². The summed E-state index contributed by atoms with van der Waals surface area (Å²) in [5, 5.41) is 3.59. The summed E-state index contributed by atoms with van der Waals surface area (Å²) < 4.78 is 23.4. The summed E-state index contributed by atoms with van der Waals surface area (Å²) in [5.41, 5.74) is 7.55.